The van der Waals surface area contributed by atoms with E-state index in [0.29, 0.717) is 19.5 Å². The summed E-state index contributed by atoms with van der Waals surface area (Å²) in [5.41, 5.74) is 1.65. The lowest BCUT2D eigenvalue weighted by molar-refractivity contribution is -0.118. The standard InChI is InChI=1S/C13H16N2O2/c1-3-14-11-6-4-5-7-12(11)15(10(2)16)9-8-13(14)17/h4-7H,3,8-9H2,1-2H3. The molecule has 0 N–H and O–H groups in total. The maximum atomic E-state index is 12.0. The molecular formula is C13H16N2O2. The van der Waals surface area contributed by atoms with Gasteiger partial charge in [-0.3, -0.25) is 9.59 Å². The predicted molar refractivity (Wildman–Crippen MR) is 67.1 cm³/mol. The Morgan fingerprint density at radius 2 is 1.94 bits per heavy atom. The molecule has 90 valence electrons. The highest BCUT2D eigenvalue weighted by molar-refractivity contribution is 6.04. The summed E-state index contributed by atoms with van der Waals surface area (Å²) in [7, 11) is 0. The largest absolute Gasteiger partial charge is 0.311 e. The number of amides is 2. The van der Waals surface area contributed by atoms with Crippen molar-refractivity contribution in [3.8, 4) is 0 Å². The number of hydrogen-bond donors (Lipinski definition) is 0. The fourth-order valence-corrected chi connectivity index (χ4v) is 2.19. The molecule has 2 amide bonds. The third-order valence-corrected chi connectivity index (χ3v) is 3.01. The molecule has 1 aromatic rings. The Morgan fingerprint density at radius 1 is 1.29 bits per heavy atom. The quantitative estimate of drug-likeness (QED) is 0.740. The van der Waals surface area contributed by atoms with Gasteiger partial charge in [0.1, 0.15) is 0 Å². The van der Waals surface area contributed by atoms with Crippen LogP contribution in [-0.2, 0) is 9.59 Å². The average molecular weight is 232 g/mol. The lowest BCUT2D eigenvalue weighted by Crippen LogP contribution is -2.30. The van der Waals surface area contributed by atoms with E-state index < -0.39 is 0 Å². The van der Waals surface area contributed by atoms with Gasteiger partial charge in [0, 0.05) is 26.4 Å². The molecule has 0 unspecified atom stereocenters. The van der Waals surface area contributed by atoms with Gasteiger partial charge in [0.2, 0.25) is 11.8 Å². The van der Waals surface area contributed by atoms with E-state index in [1.807, 2.05) is 31.2 Å². The highest BCUT2D eigenvalue weighted by Crippen LogP contribution is 2.32. The first-order valence-electron chi connectivity index (χ1n) is 5.82. The average Bonchev–Trinajstić information content (AvgIpc) is 2.45. The van der Waals surface area contributed by atoms with Crippen LogP contribution >= 0.6 is 0 Å². The summed E-state index contributed by atoms with van der Waals surface area (Å²) in [5.74, 6) is 0.0481. The first-order chi connectivity index (χ1) is 8.15. The van der Waals surface area contributed by atoms with Crippen molar-refractivity contribution in [3.05, 3.63) is 24.3 Å². The number of hydrogen-bond acceptors (Lipinski definition) is 2. The zero-order valence-corrected chi connectivity index (χ0v) is 10.1. The Balaban J connectivity index is 2.54. The van der Waals surface area contributed by atoms with Crippen LogP contribution in [0.5, 0.6) is 0 Å². The summed E-state index contributed by atoms with van der Waals surface area (Å²) in [6.45, 7) is 4.56. The Labute approximate surface area is 101 Å². The molecule has 2 rings (SSSR count). The molecule has 0 aliphatic carbocycles. The van der Waals surface area contributed by atoms with E-state index in [9.17, 15) is 9.59 Å². The van der Waals surface area contributed by atoms with Gasteiger partial charge in [-0.1, -0.05) is 12.1 Å². The second-order valence-electron chi connectivity index (χ2n) is 4.05. The molecule has 0 atom stereocenters. The minimum Gasteiger partial charge on any atom is -0.311 e. The normalized spacial score (nSPS) is 15.5. The fourth-order valence-electron chi connectivity index (χ4n) is 2.19. The highest BCUT2D eigenvalue weighted by atomic mass is 16.2. The van der Waals surface area contributed by atoms with E-state index in [-0.39, 0.29) is 11.8 Å². The molecule has 1 aromatic carbocycles. The number of nitrogens with zero attached hydrogens (tertiary/aromatic N) is 2. The Morgan fingerprint density at radius 3 is 2.53 bits per heavy atom. The minimum absolute atomic E-state index is 0.0248. The smallest absolute Gasteiger partial charge is 0.228 e. The molecule has 17 heavy (non-hydrogen) atoms. The van der Waals surface area contributed by atoms with Crippen LogP contribution in [0.1, 0.15) is 20.3 Å². The third kappa shape index (κ3) is 2.02. The molecule has 0 aromatic heterocycles. The number of anilines is 2. The van der Waals surface area contributed by atoms with Gasteiger partial charge in [0.15, 0.2) is 0 Å². The second kappa shape index (κ2) is 4.57. The topological polar surface area (TPSA) is 40.6 Å². The van der Waals surface area contributed by atoms with Crippen LogP contribution in [0.3, 0.4) is 0 Å². The van der Waals surface area contributed by atoms with Crippen LogP contribution in [0.4, 0.5) is 11.4 Å². The van der Waals surface area contributed by atoms with Crippen molar-refractivity contribution in [2.75, 3.05) is 22.9 Å². The van der Waals surface area contributed by atoms with Crippen LogP contribution in [0.2, 0.25) is 0 Å². The van der Waals surface area contributed by atoms with E-state index in [4.69, 9.17) is 0 Å². The molecule has 4 nitrogen and oxygen atoms in total. The molecular weight excluding hydrogens is 216 g/mol. The van der Waals surface area contributed by atoms with E-state index in [1.165, 1.54) is 6.92 Å². The zero-order chi connectivity index (χ0) is 12.4. The highest BCUT2D eigenvalue weighted by Gasteiger charge is 2.26. The summed E-state index contributed by atoms with van der Waals surface area (Å²) in [4.78, 5) is 27.0. The van der Waals surface area contributed by atoms with Gasteiger partial charge in [-0.25, -0.2) is 0 Å². The van der Waals surface area contributed by atoms with Gasteiger partial charge in [0.25, 0.3) is 0 Å². The van der Waals surface area contributed by atoms with Gasteiger partial charge < -0.3 is 9.80 Å². The monoisotopic (exact) mass is 232 g/mol. The number of fused-ring (bicyclic) bond motifs is 1. The molecule has 0 spiro atoms. The molecule has 1 aliphatic rings. The van der Waals surface area contributed by atoms with Crippen LogP contribution in [-0.4, -0.2) is 24.9 Å². The molecule has 0 saturated heterocycles. The van der Waals surface area contributed by atoms with Gasteiger partial charge in [-0.15, -0.1) is 0 Å². The maximum Gasteiger partial charge on any atom is 0.228 e. The van der Waals surface area contributed by atoms with Crippen molar-refractivity contribution in [2.24, 2.45) is 0 Å². The third-order valence-electron chi connectivity index (χ3n) is 3.01. The van der Waals surface area contributed by atoms with Crippen molar-refractivity contribution in [1.29, 1.82) is 0 Å². The first-order valence-corrected chi connectivity index (χ1v) is 5.82. The lowest BCUT2D eigenvalue weighted by atomic mass is 10.2. The zero-order valence-electron chi connectivity index (χ0n) is 10.1. The molecule has 1 aliphatic heterocycles. The van der Waals surface area contributed by atoms with Gasteiger partial charge in [-0.05, 0) is 19.1 Å². The van der Waals surface area contributed by atoms with Crippen LogP contribution in [0.15, 0.2) is 24.3 Å². The van der Waals surface area contributed by atoms with Crippen LogP contribution < -0.4 is 9.80 Å². The van der Waals surface area contributed by atoms with E-state index >= 15 is 0 Å². The second-order valence-corrected chi connectivity index (χ2v) is 4.05. The fraction of sp³-hybridized carbons (Fsp3) is 0.385. The van der Waals surface area contributed by atoms with Crippen LogP contribution in [0, 0.1) is 0 Å². The van der Waals surface area contributed by atoms with E-state index in [0.717, 1.165) is 11.4 Å². The Hall–Kier alpha value is -1.84. The summed E-state index contributed by atoms with van der Waals surface area (Å²) in [6, 6.07) is 7.55. The van der Waals surface area contributed by atoms with Gasteiger partial charge in [0.05, 0.1) is 11.4 Å². The molecule has 0 bridgehead atoms. The minimum atomic E-state index is -0.0248. The van der Waals surface area contributed by atoms with E-state index in [1.54, 1.807) is 9.80 Å². The van der Waals surface area contributed by atoms with E-state index in [2.05, 4.69) is 0 Å². The summed E-state index contributed by atoms with van der Waals surface area (Å²) >= 11 is 0. The number of carbonyl (C=O) groups is 2. The molecule has 4 heteroatoms. The first kappa shape index (κ1) is 11.6. The van der Waals surface area contributed by atoms with Crippen LogP contribution in [0.25, 0.3) is 0 Å². The number of para-hydroxylation sites is 2. The summed E-state index contributed by atoms with van der Waals surface area (Å²) in [5, 5.41) is 0. The van der Waals surface area contributed by atoms with Gasteiger partial charge >= 0.3 is 0 Å². The SMILES string of the molecule is CCN1C(=O)CCN(C(C)=O)c2ccccc21. The number of benzene rings is 1. The number of rotatable bonds is 1. The summed E-state index contributed by atoms with van der Waals surface area (Å²) < 4.78 is 0. The van der Waals surface area contributed by atoms with Crippen molar-refractivity contribution in [1.82, 2.24) is 0 Å². The number of carbonyl (C=O) groups excluding carboxylic acids is 2. The molecule has 0 fully saturated rings. The lowest BCUT2D eigenvalue weighted by Gasteiger charge is -2.23. The Bertz CT molecular complexity index is 441. The van der Waals surface area contributed by atoms with Crippen molar-refractivity contribution < 1.29 is 9.59 Å². The molecule has 0 saturated carbocycles. The predicted octanol–water partition coefficient (Wildman–Crippen LogP) is 1.80. The molecule has 1 heterocycles. The van der Waals surface area contributed by atoms with Crippen molar-refractivity contribution in [3.63, 3.8) is 0 Å². The van der Waals surface area contributed by atoms with Gasteiger partial charge in [-0.2, -0.15) is 0 Å². The summed E-state index contributed by atoms with van der Waals surface area (Å²) in [6.07, 6.45) is 0.377. The molecule has 0 radical (unpaired) electrons. The van der Waals surface area contributed by atoms with Crippen molar-refractivity contribution in [2.45, 2.75) is 20.3 Å². The Kier molecular flexibility index (Phi) is 3.13. The van der Waals surface area contributed by atoms with Crippen molar-refractivity contribution >= 4 is 23.2 Å². The maximum absolute atomic E-state index is 12.0.